The molecule has 186 valence electrons. The molecule has 2 N–H and O–H groups in total. The second kappa shape index (κ2) is 10.0. The van der Waals surface area contributed by atoms with Crippen molar-refractivity contribution in [3.05, 3.63) is 105 Å². The van der Waals surface area contributed by atoms with Crippen molar-refractivity contribution in [2.75, 3.05) is 0 Å². The van der Waals surface area contributed by atoms with Crippen LogP contribution in [0.4, 0.5) is 0 Å². The molecule has 1 aliphatic heterocycles. The van der Waals surface area contributed by atoms with Gasteiger partial charge >= 0.3 is 5.97 Å². The molecule has 0 fully saturated rings. The molecule has 0 aliphatic carbocycles. The largest absolute Gasteiger partial charge is 0.481 e. The fourth-order valence-corrected chi connectivity index (χ4v) is 4.83. The fourth-order valence-electron chi connectivity index (χ4n) is 4.70. The molecule has 3 aromatic carbocycles. The molecular formula is C29H24ClN3O4. The number of pyridine rings is 1. The highest BCUT2D eigenvalue weighted by atomic mass is 35.5. The highest BCUT2D eigenvalue weighted by Gasteiger charge is 2.35. The molecular weight excluding hydrogens is 490 g/mol. The van der Waals surface area contributed by atoms with E-state index < -0.39 is 17.9 Å². The molecule has 8 heteroatoms. The van der Waals surface area contributed by atoms with Gasteiger partial charge in [-0.05, 0) is 36.2 Å². The van der Waals surface area contributed by atoms with Gasteiger partial charge in [-0.1, -0.05) is 71.8 Å². The third kappa shape index (κ3) is 4.90. The molecule has 4 aromatic rings. The number of carboxylic acid groups (broad SMARTS) is 1. The van der Waals surface area contributed by atoms with Crippen LogP contribution in [0.3, 0.4) is 0 Å². The number of halogens is 1. The summed E-state index contributed by atoms with van der Waals surface area (Å²) in [5.41, 5.74) is 4.65. The van der Waals surface area contributed by atoms with Crippen LogP contribution in [0.25, 0.3) is 22.0 Å². The van der Waals surface area contributed by atoms with Gasteiger partial charge in [0.05, 0.1) is 23.7 Å². The molecule has 1 atom stereocenters. The second-order valence-corrected chi connectivity index (χ2v) is 9.50. The monoisotopic (exact) mass is 513 g/mol. The average Bonchev–Trinajstić information content (AvgIpc) is 3.32. The Morgan fingerprint density at radius 2 is 1.70 bits per heavy atom. The minimum atomic E-state index is -1.06. The van der Waals surface area contributed by atoms with Crippen LogP contribution in [0, 0.1) is 6.92 Å². The number of carboxylic acids is 1. The van der Waals surface area contributed by atoms with Gasteiger partial charge in [-0.3, -0.25) is 14.4 Å². The molecule has 1 amide bonds. The molecule has 2 heterocycles. The first-order valence-corrected chi connectivity index (χ1v) is 12.3. The Hall–Kier alpha value is -4.23. The quantitative estimate of drug-likeness (QED) is 0.345. The number of nitrogens with zero attached hydrogens (tertiary/aromatic N) is 2. The summed E-state index contributed by atoms with van der Waals surface area (Å²) in [7, 11) is 0. The van der Waals surface area contributed by atoms with Crippen molar-refractivity contribution in [2.24, 2.45) is 5.10 Å². The molecule has 1 aliphatic rings. The van der Waals surface area contributed by atoms with Crippen LogP contribution in [0.1, 0.15) is 42.0 Å². The lowest BCUT2D eigenvalue weighted by Crippen LogP contribution is -2.27. The fraction of sp³-hybridized carbons (Fsp3) is 0.172. The molecule has 0 radical (unpaired) electrons. The number of aliphatic carboxylic acids is 1. The number of H-pyrrole nitrogens is 1. The van der Waals surface area contributed by atoms with Gasteiger partial charge in [-0.15, -0.1) is 0 Å². The van der Waals surface area contributed by atoms with Crippen molar-refractivity contribution in [2.45, 2.75) is 32.2 Å². The Morgan fingerprint density at radius 3 is 2.41 bits per heavy atom. The summed E-state index contributed by atoms with van der Waals surface area (Å²) in [5.74, 6) is -1.46. The zero-order chi connectivity index (χ0) is 26.1. The van der Waals surface area contributed by atoms with E-state index in [2.05, 4.69) is 10.1 Å². The van der Waals surface area contributed by atoms with Gasteiger partial charge in [0, 0.05) is 34.3 Å². The Balaban J connectivity index is 1.68. The van der Waals surface area contributed by atoms with Gasteiger partial charge in [0.15, 0.2) is 0 Å². The summed E-state index contributed by atoms with van der Waals surface area (Å²) < 4.78 is 0. The number of hydrogen-bond acceptors (Lipinski definition) is 4. The Morgan fingerprint density at radius 1 is 1.00 bits per heavy atom. The first-order chi connectivity index (χ1) is 17.8. The molecule has 5 rings (SSSR count). The van der Waals surface area contributed by atoms with Gasteiger partial charge in [0.25, 0.3) is 5.56 Å². The van der Waals surface area contributed by atoms with E-state index in [-0.39, 0.29) is 18.4 Å². The van der Waals surface area contributed by atoms with Crippen LogP contribution >= 0.6 is 11.6 Å². The second-order valence-electron chi connectivity index (χ2n) is 9.07. The summed E-state index contributed by atoms with van der Waals surface area (Å²) in [6.07, 6.45) is -0.177. The summed E-state index contributed by atoms with van der Waals surface area (Å²) in [5, 5.41) is 16.5. The number of hydrazone groups is 1. The predicted molar refractivity (Wildman–Crippen MR) is 144 cm³/mol. The normalized spacial score (nSPS) is 15.1. The summed E-state index contributed by atoms with van der Waals surface area (Å²) in [6.45, 7) is 1.98. The highest BCUT2D eigenvalue weighted by molar-refractivity contribution is 6.30. The van der Waals surface area contributed by atoms with E-state index in [0.29, 0.717) is 33.8 Å². The number of para-hydroxylation sites is 1. The number of carbonyl (C=O) groups excluding carboxylic acids is 1. The third-order valence-corrected chi connectivity index (χ3v) is 6.78. The maximum Gasteiger partial charge on any atom is 0.303 e. The molecule has 0 saturated carbocycles. The number of amides is 1. The van der Waals surface area contributed by atoms with E-state index in [4.69, 9.17) is 16.7 Å². The van der Waals surface area contributed by atoms with Crippen molar-refractivity contribution < 1.29 is 14.7 Å². The summed E-state index contributed by atoms with van der Waals surface area (Å²) >= 11 is 6.14. The van der Waals surface area contributed by atoms with Gasteiger partial charge in [-0.2, -0.15) is 5.10 Å². The lowest BCUT2D eigenvalue weighted by Gasteiger charge is -2.22. The number of fused-ring (bicyclic) bond motifs is 1. The van der Waals surface area contributed by atoms with Gasteiger partial charge < -0.3 is 10.1 Å². The first-order valence-electron chi connectivity index (χ1n) is 11.9. The minimum absolute atomic E-state index is 0.188. The molecule has 37 heavy (non-hydrogen) atoms. The third-order valence-electron chi connectivity index (χ3n) is 6.52. The van der Waals surface area contributed by atoms with Crippen molar-refractivity contribution >= 4 is 40.1 Å². The molecule has 0 saturated heterocycles. The van der Waals surface area contributed by atoms with E-state index in [0.717, 1.165) is 22.1 Å². The average molecular weight is 514 g/mol. The van der Waals surface area contributed by atoms with E-state index in [1.807, 2.05) is 67.6 Å². The SMILES string of the molecule is Cc1ccc([C@H]2CC(c3c(-c4ccc(Cl)cc4)c4ccccc4[nH]c3=O)=NN2C(=O)CCC(=O)O)cc1. The maximum absolute atomic E-state index is 13.5. The first kappa shape index (κ1) is 24.5. The van der Waals surface area contributed by atoms with E-state index in [1.54, 1.807) is 12.1 Å². The number of aryl methyl sites for hydroxylation is 1. The maximum atomic E-state index is 13.5. The number of nitrogens with one attached hydrogen (secondary N) is 1. The van der Waals surface area contributed by atoms with Crippen LogP contribution in [-0.4, -0.2) is 32.7 Å². The number of carbonyl (C=O) groups is 2. The van der Waals surface area contributed by atoms with Crippen LogP contribution < -0.4 is 5.56 Å². The van der Waals surface area contributed by atoms with Crippen molar-refractivity contribution in [1.29, 1.82) is 0 Å². The molecule has 0 spiro atoms. The smallest absolute Gasteiger partial charge is 0.303 e. The van der Waals surface area contributed by atoms with Crippen molar-refractivity contribution in [3.8, 4) is 11.1 Å². The van der Waals surface area contributed by atoms with Gasteiger partial charge in [0.1, 0.15) is 0 Å². The van der Waals surface area contributed by atoms with Crippen LogP contribution in [0.2, 0.25) is 5.02 Å². The van der Waals surface area contributed by atoms with E-state index in [9.17, 15) is 14.4 Å². The van der Waals surface area contributed by atoms with Crippen molar-refractivity contribution in [1.82, 2.24) is 9.99 Å². The summed E-state index contributed by atoms with van der Waals surface area (Å²) in [4.78, 5) is 40.7. The summed E-state index contributed by atoms with van der Waals surface area (Å²) in [6, 6.07) is 22.1. The zero-order valence-electron chi connectivity index (χ0n) is 20.1. The number of aromatic nitrogens is 1. The standard InChI is InChI=1S/C29H24ClN3O4/c1-17-6-8-18(9-7-17)24-16-23(32-33(24)25(34)14-15-26(35)36)28-27(19-10-12-20(30)13-11-19)21-4-2-3-5-22(21)31-29(28)37/h2-13,24H,14-16H2,1H3,(H,31,37)(H,35,36)/t24-/m1/s1. The van der Waals surface area contributed by atoms with Gasteiger partial charge in [0.2, 0.25) is 5.91 Å². The lowest BCUT2D eigenvalue weighted by molar-refractivity contribution is -0.141. The molecule has 7 nitrogen and oxygen atoms in total. The molecule has 1 aromatic heterocycles. The Bertz CT molecular complexity index is 1590. The number of rotatable bonds is 6. The Labute approximate surface area is 218 Å². The molecule has 0 bridgehead atoms. The van der Waals surface area contributed by atoms with Gasteiger partial charge in [-0.25, -0.2) is 5.01 Å². The minimum Gasteiger partial charge on any atom is -0.481 e. The topological polar surface area (TPSA) is 103 Å². The van der Waals surface area contributed by atoms with Crippen molar-refractivity contribution in [3.63, 3.8) is 0 Å². The number of benzene rings is 3. The highest BCUT2D eigenvalue weighted by Crippen LogP contribution is 2.37. The van der Waals surface area contributed by atoms with Crippen LogP contribution in [0.5, 0.6) is 0 Å². The predicted octanol–water partition coefficient (Wildman–Crippen LogP) is 5.70. The van der Waals surface area contributed by atoms with E-state index in [1.165, 1.54) is 5.01 Å². The number of aromatic amines is 1. The van der Waals surface area contributed by atoms with Crippen LogP contribution in [-0.2, 0) is 9.59 Å². The Kier molecular flexibility index (Phi) is 6.63. The zero-order valence-corrected chi connectivity index (χ0v) is 20.8. The number of hydrogen-bond donors (Lipinski definition) is 2. The lowest BCUT2D eigenvalue weighted by atomic mass is 9.91. The van der Waals surface area contributed by atoms with E-state index >= 15 is 0 Å². The molecule has 0 unspecified atom stereocenters. The van der Waals surface area contributed by atoms with Crippen LogP contribution in [0.15, 0.2) is 82.7 Å².